The number of benzene rings is 1. The van der Waals surface area contributed by atoms with Crippen LogP contribution in [-0.2, 0) is 0 Å². The molecule has 0 spiro atoms. The molecule has 0 amide bonds. The summed E-state index contributed by atoms with van der Waals surface area (Å²) in [4.78, 5) is 4.41. The Balaban J connectivity index is 2.33. The molecule has 2 aromatic rings. The van der Waals surface area contributed by atoms with Gasteiger partial charge in [0, 0.05) is 18.4 Å². The first kappa shape index (κ1) is 11.6. The zero-order valence-electron chi connectivity index (χ0n) is 10.1. The number of halogens is 1. The molecule has 0 fully saturated rings. The zero-order chi connectivity index (χ0) is 12.3. The zero-order valence-corrected chi connectivity index (χ0v) is 10.1. The van der Waals surface area contributed by atoms with Crippen LogP contribution in [-0.4, -0.2) is 16.1 Å². The van der Waals surface area contributed by atoms with E-state index in [2.05, 4.69) is 17.2 Å². The molecule has 17 heavy (non-hydrogen) atoms. The molecule has 90 valence electrons. The molecular formula is C13H16FN3. The molecule has 0 unspecified atom stereocenters. The molecule has 1 aromatic heterocycles. The van der Waals surface area contributed by atoms with Gasteiger partial charge in [-0.2, -0.15) is 0 Å². The fourth-order valence-corrected chi connectivity index (χ4v) is 1.66. The molecule has 1 heterocycles. The first-order valence-corrected chi connectivity index (χ1v) is 5.76. The Morgan fingerprint density at radius 1 is 1.29 bits per heavy atom. The van der Waals surface area contributed by atoms with Gasteiger partial charge in [-0.1, -0.05) is 6.92 Å². The second-order valence-corrected chi connectivity index (χ2v) is 3.98. The summed E-state index contributed by atoms with van der Waals surface area (Å²) in [7, 11) is 0. The van der Waals surface area contributed by atoms with E-state index in [0.717, 1.165) is 30.3 Å². The lowest BCUT2D eigenvalue weighted by Gasteiger charge is -2.08. The highest BCUT2D eigenvalue weighted by Gasteiger charge is 2.06. The van der Waals surface area contributed by atoms with Gasteiger partial charge < -0.3 is 5.32 Å². The van der Waals surface area contributed by atoms with Gasteiger partial charge in [0.05, 0.1) is 5.69 Å². The number of rotatable bonds is 4. The van der Waals surface area contributed by atoms with Gasteiger partial charge in [-0.05, 0) is 37.6 Å². The Hall–Kier alpha value is -1.84. The van der Waals surface area contributed by atoms with E-state index in [0.29, 0.717) is 0 Å². The minimum Gasteiger partial charge on any atom is -0.355 e. The quantitative estimate of drug-likeness (QED) is 0.879. The minimum absolute atomic E-state index is 0.228. The van der Waals surface area contributed by atoms with Crippen molar-refractivity contribution in [2.24, 2.45) is 0 Å². The summed E-state index contributed by atoms with van der Waals surface area (Å²) in [6.45, 7) is 4.92. The van der Waals surface area contributed by atoms with Crippen LogP contribution in [0, 0.1) is 12.7 Å². The van der Waals surface area contributed by atoms with Crippen LogP contribution in [0.3, 0.4) is 0 Å². The fraction of sp³-hybridized carbons (Fsp3) is 0.308. The highest BCUT2D eigenvalue weighted by atomic mass is 19.1. The van der Waals surface area contributed by atoms with Gasteiger partial charge in [-0.25, -0.2) is 9.37 Å². The van der Waals surface area contributed by atoms with Gasteiger partial charge in [-0.3, -0.25) is 4.57 Å². The standard InChI is InChI=1S/C13H16FN3/c1-3-8-15-13-16-10(2)9-17(13)12-6-4-11(14)5-7-12/h4-7,9H,3,8H2,1-2H3,(H,15,16). The van der Waals surface area contributed by atoms with E-state index in [9.17, 15) is 4.39 Å². The predicted octanol–water partition coefficient (Wildman–Crippen LogP) is 3.14. The van der Waals surface area contributed by atoms with E-state index in [1.165, 1.54) is 12.1 Å². The molecule has 0 aliphatic carbocycles. The summed E-state index contributed by atoms with van der Waals surface area (Å²) in [6, 6.07) is 6.39. The SMILES string of the molecule is CCCNc1nc(C)cn1-c1ccc(F)cc1. The lowest BCUT2D eigenvalue weighted by atomic mass is 10.3. The van der Waals surface area contributed by atoms with Crippen molar-refractivity contribution in [3.63, 3.8) is 0 Å². The summed E-state index contributed by atoms with van der Waals surface area (Å²) in [6.07, 6.45) is 2.97. The Kier molecular flexibility index (Phi) is 3.42. The maximum atomic E-state index is 12.9. The van der Waals surface area contributed by atoms with Crippen molar-refractivity contribution in [2.45, 2.75) is 20.3 Å². The molecule has 2 rings (SSSR count). The maximum Gasteiger partial charge on any atom is 0.207 e. The van der Waals surface area contributed by atoms with Crippen LogP contribution in [0.25, 0.3) is 5.69 Å². The van der Waals surface area contributed by atoms with E-state index in [-0.39, 0.29) is 5.82 Å². The van der Waals surface area contributed by atoms with E-state index < -0.39 is 0 Å². The molecule has 3 nitrogen and oxygen atoms in total. The Morgan fingerprint density at radius 3 is 2.65 bits per heavy atom. The molecule has 0 radical (unpaired) electrons. The molecule has 0 saturated heterocycles. The number of aryl methyl sites for hydroxylation is 1. The molecule has 0 aliphatic rings. The third-order valence-electron chi connectivity index (χ3n) is 2.46. The lowest BCUT2D eigenvalue weighted by molar-refractivity contribution is 0.627. The lowest BCUT2D eigenvalue weighted by Crippen LogP contribution is -2.06. The molecule has 4 heteroatoms. The molecule has 0 bridgehead atoms. The Bertz CT molecular complexity index is 488. The van der Waals surface area contributed by atoms with Crippen LogP contribution in [0.4, 0.5) is 10.3 Å². The topological polar surface area (TPSA) is 29.9 Å². The van der Waals surface area contributed by atoms with Crippen LogP contribution < -0.4 is 5.32 Å². The maximum absolute atomic E-state index is 12.9. The van der Waals surface area contributed by atoms with Crippen molar-refractivity contribution < 1.29 is 4.39 Å². The third kappa shape index (κ3) is 2.64. The highest BCUT2D eigenvalue weighted by Crippen LogP contribution is 2.16. The van der Waals surface area contributed by atoms with Gasteiger partial charge in [0.1, 0.15) is 5.82 Å². The number of hydrogen-bond donors (Lipinski definition) is 1. The summed E-state index contributed by atoms with van der Waals surface area (Å²) >= 11 is 0. The van der Waals surface area contributed by atoms with Crippen LogP contribution >= 0.6 is 0 Å². The minimum atomic E-state index is -0.228. The van der Waals surface area contributed by atoms with Crippen molar-refractivity contribution in [2.75, 3.05) is 11.9 Å². The smallest absolute Gasteiger partial charge is 0.207 e. The molecular weight excluding hydrogens is 217 g/mol. The summed E-state index contributed by atoms with van der Waals surface area (Å²) in [5.41, 5.74) is 1.85. The average Bonchev–Trinajstić information content (AvgIpc) is 2.69. The van der Waals surface area contributed by atoms with E-state index in [4.69, 9.17) is 0 Å². The largest absolute Gasteiger partial charge is 0.355 e. The van der Waals surface area contributed by atoms with Crippen molar-refractivity contribution in [1.29, 1.82) is 0 Å². The molecule has 0 atom stereocenters. The van der Waals surface area contributed by atoms with E-state index in [1.807, 2.05) is 17.7 Å². The van der Waals surface area contributed by atoms with E-state index in [1.54, 1.807) is 12.1 Å². The number of nitrogens with one attached hydrogen (secondary N) is 1. The Labute approximate surface area is 100 Å². The van der Waals surface area contributed by atoms with Gasteiger partial charge in [-0.15, -0.1) is 0 Å². The van der Waals surface area contributed by atoms with Crippen molar-refractivity contribution in [1.82, 2.24) is 9.55 Å². The Morgan fingerprint density at radius 2 is 2.00 bits per heavy atom. The highest BCUT2D eigenvalue weighted by molar-refractivity contribution is 5.43. The first-order valence-electron chi connectivity index (χ1n) is 5.76. The van der Waals surface area contributed by atoms with Crippen molar-refractivity contribution in [3.8, 4) is 5.69 Å². The monoisotopic (exact) mass is 233 g/mol. The number of nitrogens with zero attached hydrogens (tertiary/aromatic N) is 2. The molecule has 1 aromatic carbocycles. The van der Waals surface area contributed by atoms with Crippen molar-refractivity contribution in [3.05, 3.63) is 42.0 Å². The average molecular weight is 233 g/mol. The second kappa shape index (κ2) is 4.99. The summed E-state index contributed by atoms with van der Waals surface area (Å²) in [5, 5.41) is 3.25. The number of hydrogen-bond acceptors (Lipinski definition) is 2. The fourth-order valence-electron chi connectivity index (χ4n) is 1.66. The van der Waals surface area contributed by atoms with Crippen LogP contribution in [0.15, 0.2) is 30.5 Å². The van der Waals surface area contributed by atoms with E-state index >= 15 is 0 Å². The van der Waals surface area contributed by atoms with Gasteiger partial charge >= 0.3 is 0 Å². The second-order valence-electron chi connectivity index (χ2n) is 3.98. The van der Waals surface area contributed by atoms with Crippen LogP contribution in [0.5, 0.6) is 0 Å². The predicted molar refractivity (Wildman–Crippen MR) is 67.0 cm³/mol. The third-order valence-corrected chi connectivity index (χ3v) is 2.46. The first-order chi connectivity index (χ1) is 8.20. The number of anilines is 1. The summed E-state index contributed by atoms with van der Waals surface area (Å²) < 4.78 is 14.8. The van der Waals surface area contributed by atoms with Gasteiger partial charge in [0.15, 0.2) is 0 Å². The molecule has 0 saturated carbocycles. The molecule has 1 N–H and O–H groups in total. The number of aromatic nitrogens is 2. The normalized spacial score (nSPS) is 10.5. The van der Waals surface area contributed by atoms with Gasteiger partial charge in [0.2, 0.25) is 5.95 Å². The number of imidazole rings is 1. The van der Waals surface area contributed by atoms with Crippen LogP contribution in [0.1, 0.15) is 19.0 Å². The summed E-state index contributed by atoms with van der Waals surface area (Å²) in [5.74, 6) is 0.574. The van der Waals surface area contributed by atoms with Crippen LogP contribution in [0.2, 0.25) is 0 Å². The van der Waals surface area contributed by atoms with Gasteiger partial charge in [0.25, 0.3) is 0 Å². The van der Waals surface area contributed by atoms with Crippen molar-refractivity contribution >= 4 is 5.95 Å². The molecule has 0 aliphatic heterocycles.